The molecule has 4 heteroatoms. The lowest BCUT2D eigenvalue weighted by molar-refractivity contribution is -0.123. The van der Waals surface area contributed by atoms with Crippen LogP contribution in [0.25, 0.3) is 0 Å². The van der Waals surface area contributed by atoms with Gasteiger partial charge in [0.1, 0.15) is 0 Å². The van der Waals surface area contributed by atoms with Crippen LogP contribution < -0.4 is 5.32 Å². The minimum Gasteiger partial charge on any atom is -0.382 e. The molecule has 1 N–H and O–H groups in total. The van der Waals surface area contributed by atoms with E-state index in [-0.39, 0.29) is 18.1 Å². The standard InChI is InChI=1S/C9H19NO3/c1-5-9(11)10-8(6-12-3)7(2)13-4/h7-8H,5-6H2,1-4H3,(H,10,11)/t7-,8-/m0/s1. The monoisotopic (exact) mass is 189 g/mol. The van der Waals surface area contributed by atoms with E-state index in [1.54, 1.807) is 14.2 Å². The molecule has 0 rings (SSSR count). The summed E-state index contributed by atoms with van der Waals surface area (Å²) in [5.74, 6) is 0.0194. The van der Waals surface area contributed by atoms with Gasteiger partial charge in [0, 0.05) is 20.6 Å². The Kier molecular flexibility index (Phi) is 6.54. The van der Waals surface area contributed by atoms with Crippen LogP contribution in [0, 0.1) is 0 Å². The molecule has 0 aliphatic carbocycles. The van der Waals surface area contributed by atoms with Crippen LogP contribution in [0.1, 0.15) is 20.3 Å². The average molecular weight is 189 g/mol. The average Bonchev–Trinajstić information content (AvgIpc) is 2.15. The molecule has 0 aromatic carbocycles. The number of nitrogens with one attached hydrogen (secondary N) is 1. The van der Waals surface area contributed by atoms with Crippen LogP contribution in [-0.2, 0) is 14.3 Å². The zero-order valence-corrected chi connectivity index (χ0v) is 8.79. The Balaban J connectivity index is 4.00. The summed E-state index contributed by atoms with van der Waals surface area (Å²) in [4.78, 5) is 11.1. The quantitative estimate of drug-likeness (QED) is 0.664. The van der Waals surface area contributed by atoms with Crippen molar-refractivity contribution in [1.82, 2.24) is 5.32 Å². The molecule has 0 saturated heterocycles. The highest BCUT2D eigenvalue weighted by Gasteiger charge is 2.17. The molecule has 0 unspecified atom stereocenters. The van der Waals surface area contributed by atoms with Gasteiger partial charge in [0.25, 0.3) is 0 Å². The van der Waals surface area contributed by atoms with E-state index < -0.39 is 0 Å². The number of hydrogen-bond donors (Lipinski definition) is 1. The molecule has 0 fully saturated rings. The van der Waals surface area contributed by atoms with Crippen molar-refractivity contribution >= 4 is 5.91 Å². The number of carbonyl (C=O) groups is 1. The van der Waals surface area contributed by atoms with Crippen LogP contribution in [-0.4, -0.2) is 38.9 Å². The second kappa shape index (κ2) is 6.86. The minimum atomic E-state index is -0.0672. The van der Waals surface area contributed by atoms with E-state index in [2.05, 4.69) is 5.32 Å². The van der Waals surface area contributed by atoms with E-state index in [0.29, 0.717) is 13.0 Å². The number of hydrogen-bond acceptors (Lipinski definition) is 3. The van der Waals surface area contributed by atoms with Gasteiger partial charge >= 0.3 is 0 Å². The Morgan fingerprint density at radius 1 is 1.46 bits per heavy atom. The Morgan fingerprint density at radius 2 is 2.08 bits per heavy atom. The van der Waals surface area contributed by atoms with Crippen molar-refractivity contribution in [2.75, 3.05) is 20.8 Å². The van der Waals surface area contributed by atoms with Crippen molar-refractivity contribution in [1.29, 1.82) is 0 Å². The largest absolute Gasteiger partial charge is 0.382 e. The lowest BCUT2D eigenvalue weighted by atomic mass is 10.2. The lowest BCUT2D eigenvalue weighted by Crippen LogP contribution is -2.45. The fraction of sp³-hybridized carbons (Fsp3) is 0.889. The van der Waals surface area contributed by atoms with Crippen molar-refractivity contribution in [2.45, 2.75) is 32.4 Å². The molecule has 78 valence electrons. The predicted molar refractivity (Wildman–Crippen MR) is 50.6 cm³/mol. The molecule has 2 atom stereocenters. The van der Waals surface area contributed by atoms with Gasteiger partial charge in [-0.3, -0.25) is 4.79 Å². The van der Waals surface area contributed by atoms with Gasteiger partial charge in [0.2, 0.25) is 5.91 Å². The summed E-state index contributed by atoms with van der Waals surface area (Å²) in [6.07, 6.45) is 0.451. The van der Waals surface area contributed by atoms with Gasteiger partial charge in [-0.2, -0.15) is 0 Å². The molecular weight excluding hydrogens is 170 g/mol. The third-order valence-electron chi connectivity index (χ3n) is 1.95. The summed E-state index contributed by atoms with van der Waals surface area (Å²) < 4.78 is 10.1. The van der Waals surface area contributed by atoms with E-state index in [0.717, 1.165) is 0 Å². The smallest absolute Gasteiger partial charge is 0.220 e. The molecule has 0 radical (unpaired) electrons. The minimum absolute atomic E-state index is 0.0194. The molecule has 13 heavy (non-hydrogen) atoms. The van der Waals surface area contributed by atoms with E-state index in [4.69, 9.17) is 9.47 Å². The number of methoxy groups -OCH3 is 2. The maximum absolute atomic E-state index is 11.1. The van der Waals surface area contributed by atoms with Crippen LogP contribution in [0.4, 0.5) is 0 Å². The lowest BCUT2D eigenvalue weighted by Gasteiger charge is -2.23. The second-order valence-electron chi connectivity index (χ2n) is 2.92. The number of carbonyl (C=O) groups excluding carboxylic acids is 1. The Labute approximate surface area is 79.6 Å². The Bertz CT molecular complexity index is 150. The first-order chi connectivity index (χ1) is 6.15. The summed E-state index contributed by atoms with van der Waals surface area (Å²) in [6.45, 7) is 4.19. The summed E-state index contributed by atoms with van der Waals surface area (Å²) in [6, 6.07) is -0.0672. The molecule has 0 aliphatic heterocycles. The van der Waals surface area contributed by atoms with E-state index in [1.807, 2.05) is 13.8 Å². The molecule has 0 aliphatic rings. The molecule has 0 aromatic heterocycles. The highest BCUT2D eigenvalue weighted by atomic mass is 16.5. The number of amides is 1. The van der Waals surface area contributed by atoms with Crippen molar-refractivity contribution in [3.8, 4) is 0 Å². The SMILES string of the molecule is CCC(=O)N[C@@H](COC)[C@H](C)OC. The molecule has 1 amide bonds. The first kappa shape index (κ1) is 12.4. The van der Waals surface area contributed by atoms with Gasteiger partial charge < -0.3 is 14.8 Å². The molecule has 4 nitrogen and oxygen atoms in total. The summed E-state index contributed by atoms with van der Waals surface area (Å²) in [5, 5.41) is 2.83. The summed E-state index contributed by atoms with van der Waals surface area (Å²) in [5.41, 5.74) is 0. The second-order valence-corrected chi connectivity index (χ2v) is 2.92. The normalized spacial score (nSPS) is 15.1. The molecule has 0 heterocycles. The van der Waals surface area contributed by atoms with Crippen molar-refractivity contribution in [3.05, 3.63) is 0 Å². The highest BCUT2D eigenvalue weighted by molar-refractivity contribution is 5.75. The van der Waals surface area contributed by atoms with Gasteiger partial charge in [-0.1, -0.05) is 6.92 Å². The Hall–Kier alpha value is -0.610. The molecular formula is C9H19NO3. The fourth-order valence-corrected chi connectivity index (χ4v) is 0.947. The zero-order valence-electron chi connectivity index (χ0n) is 8.79. The van der Waals surface area contributed by atoms with Crippen molar-refractivity contribution < 1.29 is 14.3 Å². The third kappa shape index (κ3) is 4.85. The number of ether oxygens (including phenoxy) is 2. The molecule has 0 saturated carbocycles. The third-order valence-corrected chi connectivity index (χ3v) is 1.95. The van der Waals surface area contributed by atoms with Crippen LogP contribution in [0.15, 0.2) is 0 Å². The van der Waals surface area contributed by atoms with E-state index >= 15 is 0 Å². The van der Waals surface area contributed by atoms with Crippen LogP contribution >= 0.6 is 0 Å². The predicted octanol–water partition coefficient (Wildman–Crippen LogP) is 0.562. The topological polar surface area (TPSA) is 47.6 Å². The summed E-state index contributed by atoms with van der Waals surface area (Å²) >= 11 is 0. The highest BCUT2D eigenvalue weighted by Crippen LogP contribution is 1.98. The van der Waals surface area contributed by atoms with Gasteiger partial charge in [-0.05, 0) is 6.92 Å². The first-order valence-electron chi connectivity index (χ1n) is 4.46. The van der Waals surface area contributed by atoms with E-state index in [1.165, 1.54) is 0 Å². The van der Waals surface area contributed by atoms with Crippen molar-refractivity contribution in [3.63, 3.8) is 0 Å². The zero-order chi connectivity index (χ0) is 10.3. The number of rotatable bonds is 6. The van der Waals surface area contributed by atoms with Crippen LogP contribution in [0.3, 0.4) is 0 Å². The van der Waals surface area contributed by atoms with Gasteiger partial charge in [-0.25, -0.2) is 0 Å². The maximum Gasteiger partial charge on any atom is 0.220 e. The van der Waals surface area contributed by atoms with Crippen LogP contribution in [0.2, 0.25) is 0 Å². The van der Waals surface area contributed by atoms with Gasteiger partial charge in [0.15, 0.2) is 0 Å². The first-order valence-corrected chi connectivity index (χ1v) is 4.46. The maximum atomic E-state index is 11.1. The van der Waals surface area contributed by atoms with Crippen molar-refractivity contribution in [2.24, 2.45) is 0 Å². The van der Waals surface area contributed by atoms with Gasteiger partial charge in [0.05, 0.1) is 18.8 Å². The Morgan fingerprint density at radius 3 is 2.46 bits per heavy atom. The molecule has 0 aromatic rings. The van der Waals surface area contributed by atoms with Crippen LogP contribution in [0.5, 0.6) is 0 Å². The van der Waals surface area contributed by atoms with Gasteiger partial charge in [-0.15, -0.1) is 0 Å². The fourth-order valence-electron chi connectivity index (χ4n) is 0.947. The summed E-state index contributed by atoms with van der Waals surface area (Å²) in [7, 11) is 3.22. The molecule has 0 spiro atoms. The molecule has 0 bridgehead atoms. The van der Waals surface area contributed by atoms with E-state index in [9.17, 15) is 4.79 Å².